The molecule has 3 rings (SSSR count). The number of esters is 1. The van der Waals surface area contributed by atoms with Crippen LogP contribution in [-0.2, 0) is 14.3 Å². The second kappa shape index (κ2) is 6.31. The van der Waals surface area contributed by atoms with Crippen molar-refractivity contribution in [3.8, 4) is 11.8 Å². The van der Waals surface area contributed by atoms with Crippen LogP contribution in [-0.4, -0.2) is 25.4 Å². The lowest BCUT2D eigenvalue weighted by Crippen LogP contribution is -2.44. The van der Waals surface area contributed by atoms with Crippen LogP contribution in [0, 0.1) is 17.2 Å². The van der Waals surface area contributed by atoms with Gasteiger partial charge in [0.1, 0.15) is 23.8 Å². The number of anilines is 1. The van der Waals surface area contributed by atoms with Crippen LogP contribution in [0.4, 0.5) is 5.69 Å². The molecule has 0 amide bonds. The van der Waals surface area contributed by atoms with Gasteiger partial charge in [-0.05, 0) is 26.0 Å². The van der Waals surface area contributed by atoms with Crippen molar-refractivity contribution in [2.75, 3.05) is 18.1 Å². The van der Waals surface area contributed by atoms with E-state index in [0.717, 1.165) is 5.69 Å². The quantitative estimate of drug-likeness (QED) is 0.795. The summed E-state index contributed by atoms with van der Waals surface area (Å²) >= 11 is 0. The van der Waals surface area contributed by atoms with Gasteiger partial charge >= 0.3 is 5.97 Å². The molecule has 0 aromatic heterocycles. The molecule has 2 heterocycles. The molecule has 6 nitrogen and oxygen atoms in total. The van der Waals surface area contributed by atoms with E-state index in [1.165, 1.54) is 0 Å². The topological polar surface area (TPSA) is 71.8 Å². The lowest BCUT2D eigenvalue weighted by atomic mass is 9.92. The molecule has 2 aliphatic heterocycles. The Kier molecular flexibility index (Phi) is 4.22. The van der Waals surface area contributed by atoms with Crippen LogP contribution < -0.4 is 9.64 Å². The molecular formula is C17H18N2O4. The van der Waals surface area contributed by atoms with Gasteiger partial charge < -0.3 is 14.2 Å². The summed E-state index contributed by atoms with van der Waals surface area (Å²) in [6.07, 6.45) is -0.0123. The molecule has 0 radical (unpaired) electrons. The summed E-state index contributed by atoms with van der Waals surface area (Å²) in [5.41, 5.74) is 1.13. The lowest BCUT2D eigenvalue weighted by molar-refractivity contribution is -0.148. The summed E-state index contributed by atoms with van der Waals surface area (Å²) < 4.78 is 16.8. The molecule has 0 spiro atoms. The smallest absolute Gasteiger partial charge is 0.314 e. The standard InChI is InChI=1S/C17H18N2O4/c1-3-21-15-9-11(17(20)22-4-2)12(10-18)16-19(15)13-7-5-6-8-14(13)23-16/h5-8,11,15H,3-4,9H2,1-2H3/t11-,15+/m1/s1. The normalized spacial score (nSPS) is 22.0. The Balaban J connectivity index is 2.07. The fraction of sp³-hybridized carbons (Fsp3) is 0.412. The summed E-state index contributed by atoms with van der Waals surface area (Å²) in [6, 6.07) is 9.62. The molecule has 0 saturated carbocycles. The molecule has 2 atom stereocenters. The minimum Gasteiger partial charge on any atom is -0.465 e. The van der Waals surface area contributed by atoms with Crippen molar-refractivity contribution >= 4 is 11.7 Å². The van der Waals surface area contributed by atoms with E-state index in [0.29, 0.717) is 24.7 Å². The third-order valence-electron chi connectivity index (χ3n) is 3.91. The number of hydrogen-bond donors (Lipinski definition) is 0. The Bertz CT molecular complexity index is 692. The number of ether oxygens (including phenoxy) is 3. The zero-order valence-electron chi connectivity index (χ0n) is 13.1. The number of fused-ring (bicyclic) bond motifs is 3. The Labute approximate surface area is 134 Å². The van der Waals surface area contributed by atoms with Crippen LogP contribution in [0.3, 0.4) is 0 Å². The molecule has 23 heavy (non-hydrogen) atoms. The molecule has 0 unspecified atom stereocenters. The largest absolute Gasteiger partial charge is 0.465 e. The van der Waals surface area contributed by atoms with Crippen molar-refractivity contribution in [1.82, 2.24) is 0 Å². The summed E-state index contributed by atoms with van der Waals surface area (Å²) in [7, 11) is 0. The Morgan fingerprint density at radius 1 is 1.39 bits per heavy atom. The van der Waals surface area contributed by atoms with Gasteiger partial charge in [-0.3, -0.25) is 9.69 Å². The number of nitrogens with zero attached hydrogens (tertiary/aromatic N) is 2. The number of carbonyl (C=O) groups is 1. The number of carbonyl (C=O) groups excluding carboxylic acids is 1. The summed E-state index contributed by atoms with van der Waals surface area (Å²) in [5.74, 6) is -0.0570. The summed E-state index contributed by atoms with van der Waals surface area (Å²) in [4.78, 5) is 14.1. The Morgan fingerprint density at radius 2 is 2.17 bits per heavy atom. The van der Waals surface area contributed by atoms with Crippen LogP contribution in [0.1, 0.15) is 20.3 Å². The number of hydrogen-bond acceptors (Lipinski definition) is 6. The predicted molar refractivity (Wildman–Crippen MR) is 82.3 cm³/mol. The molecular weight excluding hydrogens is 296 g/mol. The summed E-state index contributed by atoms with van der Waals surface area (Å²) in [5, 5.41) is 9.56. The van der Waals surface area contributed by atoms with Crippen LogP contribution in [0.15, 0.2) is 35.7 Å². The van der Waals surface area contributed by atoms with Gasteiger partial charge in [0.15, 0.2) is 5.75 Å². The predicted octanol–water partition coefficient (Wildman–Crippen LogP) is 2.57. The maximum atomic E-state index is 12.2. The maximum absolute atomic E-state index is 12.2. The highest BCUT2D eigenvalue weighted by atomic mass is 16.5. The van der Waals surface area contributed by atoms with E-state index < -0.39 is 11.9 Å². The maximum Gasteiger partial charge on any atom is 0.314 e. The van der Waals surface area contributed by atoms with Gasteiger partial charge in [0, 0.05) is 13.0 Å². The van der Waals surface area contributed by atoms with Gasteiger partial charge in [-0.25, -0.2) is 0 Å². The van der Waals surface area contributed by atoms with Gasteiger partial charge in [-0.1, -0.05) is 12.1 Å². The zero-order valence-corrected chi connectivity index (χ0v) is 13.1. The second-order valence-corrected chi connectivity index (χ2v) is 5.22. The first-order valence-electron chi connectivity index (χ1n) is 7.69. The van der Waals surface area contributed by atoms with E-state index in [2.05, 4.69) is 6.07 Å². The SMILES string of the molecule is CCOC(=O)[C@@H]1C[C@H](OCC)N2C(=C1C#N)Oc1ccccc12. The van der Waals surface area contributed by atoms with E-state index in [4.69, 9.17) is 14.2 Å². The zero-order chi connectivity index (χ0) is 16.4. The van der Waals surface area contributed by atoms with E-state index >= 15 is 0 Å². The molecule has 0 fully saturated rings. The molecule has 120 valence electrons. The van der Waals surface area contributed by atoms with Crippen molar-refractivity contribution in [2.45, 2.75) is 26.5 Å². The fourth-order valence-corrected chi connectivity index (χ4v) is 2.97. The number of benzene rings is 1. The minimum atomic E-state index is -0.669. The van der Waals surface area contributed by atoms with E-state index in [-0.39, 0.29) is 18.4 Å². The highest BCUT2D eigenvalue weighted by Crippen LogP contribution is 2.46. The highest BCUT2D eigenvalue weighted by molar-refractivity contribution is 5.80. The van der Waals surface area contributed by atoms with E-state index in [9.17, 15) is 10.1 Å². The minimum absolute atomic E-state index is 0.271. The number of nitriles is 1. The van der Waals surface area contributed by atoms with Crippen LogP contribution >= 0.6 is 0 Å². The van der Waals surface area contributed by atoms with Crippen molar-refractivity contribution in [3.63, 3.8) is 0 Å². The Morgan fingerprint density at radius 3 is 2.87 bits per heavy atom. The highest BCUT2D eigenvalue weighted by Gasteiger charge is 2.45. The molecule has 1 aromatic carbocycles. The fourth-order valence-electron chi connectivity index (χ4n) is 2.97. The molecule has 0 bridgehead atoms. The van der Waals surface area contributed by atoms with Gasteiger partial charge in [-0.15, -0.1) is 0 Å². The third-order valence-corrected chi connectivity index (χ3v) is 3.91. The molecule has 1 aromatic rings. The van der Waals surface area contributed by atoms with Crippen LogP contribution in [0.5, 0.6) is 5.75 Å². The Hall–Kier alpha value is -2.52. The first kappa shape index (κ1) is 15.4. The summed E-state index contributed by atoms with van der Waals surface area (Å²) in [6.45, 7) is 4.40. The number of rotatable bonds is 4. The van der Waals surface area contributed by atoms with Crippen molar-refractivity contribution in [3.05, 3.63) is 35.7 Å². The average Bonchev–Trinajstić information content (AvgIpc) is 2.94. The van der Waals surface area contributed by atoms with Crippen LogP contribution in [0.2, 0.25) is 0 Å². The number of para-hydroxylation sites is 2. The van der Waals surface area contributed by atoms with Gasteiger partial charge in [-0.2, -0.15) is 5.26 Å². The molecule has 0 saturated heterocycles. The lowest BCUT2D eigenvalue weighted by Gasteiger charge is -2.35. The van der Waals surface area contributed by atoms with Gasteiger partial charge in [0.2, 0.25) is 5.88 Å². The molecule has 2 aliphatic rings. The van der Waals surface area contributed by atoms with Crippen molar-refractivity contribution in [1.29, 1.82) is 5.26 Å². The monoisotopic (exact) mass is 314 g/mol. The second-order valence-electron chi connectivity index (χ2n) is 5.22. The van der Waals surface area contributed by atoms with E-state index in [1.807, 2.05) is 36.1 Å². The first-order valence-corrected chi connectivity index (χ1v) is 7.69. The van der Waals surface area contributed by atoms with E-state index in [1.54, 1.807) is 6.92 Å². The molecule has 0 aliphatic carbocycles. The molecule has 0 N–H and O–H groups in total. The van der Waals surface area contributed by atoms with Gasteiger partial charge in [0.25, 0.3) is 0 Å². The molecule has 6 heteroatoms. The first-order chi connectivity index (χ1) is 11.2. The van der Waals surface area contributed by atoms with Crippen molar-refractivity contribution in [2.24, 2.45) is 5.92 Å². The third kappa shape index (κ3) is 2.53. The van der Waals surface area contributed by atoms with Crippen LogP contribution in [0.25, 0.3) is 0 Å². The van der Waals surface area contributed by atoms with Gasteiger partial charge in [0.05, 0.1) is 12.3 Å². The van der Waals surface area contributed by atoms with Crippen molar-refractivity contribution < 1.29 is 19.0 Å². The average molecular weight is 314 g/mol.